The fraction of sp³-hybridized carbons (Fsp3) is 0.476. The van der Waals surface area contributed by atoms with Crippen molar-refractivity contribution < 1.29 is 27.8 Å². The molecule has 3 rings (SSSR count). The number of aliphatic hydroxyl groups is 1. The molecular formula is C21H27F3N6O3. The monoisotopic (exact) mass is 468 g/mol. The normalized spacial score (nSPS) is 18.8. The quantitative estimate of drug-likeness (QED) is 0.480. The highest BCUT2D eigenvalue weighted by Gasteiger charge is 2.28. The van der Waals surface area contributed by atoms with E-state index < -0.39 is 24.4 Å². The number of nitrogens with zero attached hydrogens (tertiary/aromatic N) is 4. The Morgan fingerprint density at radius 1 is 1.36 bits per heavy atom. The molecule has 1 aliphatic heterocycles. The van der Waals surface area contributed by atoms with Gasteiger partial charge in [0, 0.05) is 32.6 Å². The van der Waals surface area contributed by atoms with Crippen LogP contribution < -0.4 is 20.7 Å². The number of carbonyl (C=O) groups excluding carboxylic acids is 1. The first kappa shape index (κ1) is 24.5. The van der Waals surface area contributed by atoms with Crippen LogP contribution in [0.4, 0.5) is 24.8 Å². The van der Waals surface area contributed by atoms with Crippen LogP contribution in [0.1, 0.15) is 12.0 Å². The lowest BCUT2D eigenvalue weighted by Gasteiger charge is -2.35. The third-order valence-corrected chi connectivity index (χ3v) is 5.42. The predicted molar refractivity (Wildman–Crippen MR) is 115 cm³/mol. The number of halogens is 3. The average molecular weight is 468 g/mol. The number of aromatic nitrogens is 2. The van der Waals surface area contributed by atoms with Gasteiger partial charge in [-0.3, -0.25) is 9.69 Å². The van der Waals surface area contributed by atoms with E-state index >= 15 is 4.39 Å². The van der Waals surface area contributed by atoms with Crippen molar-refractivity contribution in [3.05, 3.63) is 42.0 Å². The van der Waals surface area contributed by atoms with Crippen LogP contribution in [0.25, 0.3) is 0 Å². The molecule has 2 atom stereocenters. The number of alkyl halides is 2. The third kappa shape index (κ3) is 6.93. The predicted octanol–water partition coefficient (Wildman–Crippen LogP) is 1.43. The van der Waals surface area contributed by atoms with E-state index in [0.29, 0.717) is 26.1 Å². The van der Waals surface area contributed by atoms with Crippen LogP contribution in [-0.4, -0.2) is 71.8 Å². The Balaban J connectivity index is 1.58. The Morgan fingerprint density at radius 2 is 2.09 bits per heavy atom. The molecule has 0 unspecified atom stereocenters. The summed E-state index contributed by atoms with van der Waals surface area (Å²) >= 11 is 0. The van der Waals surface area contributed by atoms with E-state index in [9.17, 15) is 18.7 Å². The van der Waals surface area contributed by atoms with E-state index in [2.05, 4.69) is 20.0 Å². The summed E-state index contributed by atoms with van der Waals surface area (Å²) in [7, 11) is 1.65. The Labute approximate surface area is 189 Å². The van der Waals surface area contributed by atoms with E-state index in [1.54, 1.807) is 29.0 Å². The van der Waals surface area contributed by atoms with Gasteiger partial charge in [-0.1, -0.05) is 12.1 Å². The molecule has 0 saturated carbocycles. The van der Waals surface area contributed by atoms with Crippen LogP contribution in [0.5, 0.6) is 5.75 Å². The highest BCUT2D eigenvalue weighted by Crippen LogP contribution is 2.24. The zero-order chi connectivity index (χ0) is 24.0. The van der Waals surface area contributed by atoms with E-state index in [-0.39, 0.29) is 36.4 Å². The molecule has 1 aromatic heterocycles. The fourth-order valence-electron chi connectivity index (χ4n) is 3.75. The van der Waals surface area contributed by atoms with Crippen molar-refractivity contribution in [3.63, 3.8) is 0 Å². The van der Waals surface area contributed by atoms with Crippen LogP contribution in [0.2, 0.25) is 0 Å². The molecule has 0 radical (unpaired) electrons. The van der Waals surface area contributed by atoms with Crippen molar-refractivity contribution >= 4 is 17.5 Å². The standard InChI is InChI=1S/C21H27F3N6O3/c1-29(9-13-2-4-15(5-3-13)33-21(23)24)20-18(22)19(27-12-28-20)26-8-14-6-7-30(10-16(14)31)11-17(25)32/h2-5,12,14,16,21,31H,6-11H2,1H3,(H2,25,32)(H,26,27,28)/t14-,16+/m1/s1. The van der Waals surface area contributed by atoms with E-state index in [1.165, 1.54) is 18.5 Å². The number of aliphatic hydroxyl groups excluding tert-OH is 1. The van der Waals surface area contributed by atoms with Crippen molar-refractivity contribution in [2.75, 3.05) is 43.4 Å². The molecular weight excluding hydrogens is 441 g/mol. The third-order valence-electron chi connectivity index (χ3n) is 5.42. The molecule has 1 aromatic carbocycles. The molecule has 12 heteroatoms. The number of nitrogens with two attached hydrogens (primary N) is 1. The Morgan fingerprint density at radius 3 is 2.73 bits per heavy atom. The lowest BCUT2D eigenvalue weighted by atomic mass is 9.94. The number of hydrogen-bond donors (Lipinski definition) is 3. The fourth-order valence-corrected chi connectivity index (χ4v) is 3.75. The molecule has 2 heterocycles. The molecule has 1 aliphatic rings. The summed E-state index contributed by atoms with van der Waals surface area (Å²) < 4.78 is 43.9. The van der Waals surface area contributed by atoms with E-state index in [1.807, 2.05) is 0 Å². The minimum Gasteiger partial charge on any atom is -0.435 e. The Hall–Kier alpha value is -3.12. The van der Waals surface area contributed by atoms with Gasteiger partial charge in [0.25, 0.3) is 0 Å². The van der Waals surface area contributed by atoms with Gasteiger partial charge in [-0.05, 0) is 30.7 Å². The highest BCUT2D eigenvalue weighted by molar-refractivity contribution is 5.75. The van der Waals surface area contributed by atoms with Crippen molar-refractivity contribution in [1.29, 1.82) is 0 Å². The van der Waals surface area contributed by atoms with Crippen molar-refractivity contribution in [3.8, 4) is 5.75 Å². The smallest absolute Gasteiger partial charge is 0.387 e. The van der Waals surface area contributed by atoms with Crippen molar-refractivity contribution in [2.45, 2.75) is 25.7 Å². The largest absolute Gasteiger partial charge is 0.435 e. The number of rotatable bonds is 10. The van der Waals surface area contributed by atoms with E-state index in [4.69, 9.17) is 5.73 Å². The van der Waals surface area contributed by atoms with Gasteiger partial charge in [-0.15, -0.1) is 0 Å². The van der Waals surface area contributed by atoms with Gasteiger partial charge in [-0.25, -0.2) is 9.97 Å². The second kappa shape index (κ2) is 11.1. The molecule has 1 saturated heterocycles. The zero-order valence-electron chi connectivity index (χ0n) is 18.1. The number of nitrogens with one attached hydrogen (secondary N) is 1. The van der Waals surface area contributed by atoms with Gasteiger partial charge in [0.05, 0.1) is 12.6 Å². The topological polar surface area (TPSA) is 117 Å². The summed E-state index contributed by atoms with van der Waals surface area (Å²) in [6, 6.07) is 6.05. The lowest BCUT2D eigenvalue weighted by Crippen LogP contribution is -2.48. The number of anilines is 2. The number of piperidine rings is 1. The highest BCUT2D eigenvalue weighted by atomic mass is 19.3. The average Bonchev–Trinajstić information content (AvgIpc) is 2.74. The molecule has 0 bridgehead atoms. The van der Waals surface area contributed by atoms with Gasteiger partial charge in [0.15, 0.2) is 11.6 Å². The maximum Gasteiger partial charge on any atom is 0.387 e. The van der Waals surface area contributed by atoms with Crippen molar-refractivity contribution in [2.24, 2.45) is 11.7 Å². The number of amides is 1. The SMILES string of the molecule is CN(Cc1ccc(OC(F)F)cc1)c1ncnc(NC[C@H]2CCN(CC(N)=O)C[C@@H]2O)c1F. The summed E-state index contributed by atoms with van der Waals surface area (Å²) in [5.41, 5.74) is 5.95. The number of likely N-dealkylation sites (tertiary alicyclic amines) is 1. The number of β-amino-alcohol motifs (C(OH)–C–C–N with tert-alkyl or cyclic N) is 1. The first-order valence-electron chi connectivity index (χ1n) is 10.4. The molecule has 9 nitrogen and oxygen atoms in total. The number of carbonyl (C=O) groups is 1. The molecule has 0 spiro atoms. The second-order valence-electron chi connectivity index (χ2n) is 7.94. The molecule has 1 amide bonds. The van der Waals surface area contributed by atoms with Crippen LogP contribution in [0.15, 0.2) is 30.6 Å². The van der Waals surface area contributed by atoms with Crippen LogP contribution >= 0.6 is 0 Å². The zero-order valence-corrected chi connectivity index (χ0v) is 18.1. The molecule has 0 aliphatic carbocycles. The molecule has 33 heavy (non-hydrogen) atoms. The van der Waals surface area contributed by atoms with E-state index in [0.717, 1.165) is 5.56 Å². The van der Waals surface area contributed by atoms with Gasteiger partial charge in [0.1, 0.15) is 12.1 Å². The van der Waals surface area contributed by atoms with Gasteiger partial charge in [0.2, 0.25) is 11.7 Å². The summed E-state index contributed by atoms with van der Waals surface area (Å²) in [5, 5.41) is 13.3. The first-order valence-corrected chi connectivity index (χ1v) is 10.4. The maximum atomic E-state index is 15.0. The number of ether oxygens (including phenoxy) is 1. The number of primary amides is 1. The molecule has 2 aromatic rings. The second-order valence-corrected chi connectivity index (χ2v) is 7.94. The number of hydrogen-bond acceptors (Lipinski definition) is 8. The van der Waals surface area contributed by atoms with Crippen LogP contribution in [-0.2, 0) is 11.3 Å². The van der Waals surface area contributed by atoms with Gasteiger partial charge >= 0.3 is 6.61 Å². The minimum absolute atomic E-state index is 0.0132. The molecule has 4 N–H and O–H groups in total. The maximum absolute atomic E-state index is 15.0. The van der Waals surface area contributed by atoms with Gasteiger partial charge < -0.3 is 25.8 Å². The Kier molecular flexibility index (Phi) is 8.28. The Bertz CT molecular complexity index is 934. The summed E-state index contributed by atoms with van der Waals surface area (Å²) in [4.78, 5) is 22.4. The lowest BCUT2D eigenvalue weighted by molar-refractivity contribution is -0.120. The molecule has 1 fully saturated rings. The minimum atomic E-state index is -2.90. The number of benzene rings is 1. The summed E-state index contributed by atoms with van der Waals surface area (Å²) in [6.07, 6.45) is 1.17. The first-order chi connectivity index (χ1) is 15.7. The van der Waals surface area contributed by atoms with Crippen LogP contribution in [0.3, 0.4) is 0 Å². The van der Waals surface area contributed by atoms with Crippen LogP contribution in [0, 0.1) is 11.7 Å². The summed E-state index contributed by atoms with van der Waals surface area (Å²) in [5.74, 6) is -1.11. The van der Waals surface area contributed by atoms with Gasteiger partial charge in [-0.2, -0.15) is 13.2 Å². The van der Waals surface area contributed by atoms with Crippen molar-refractivity contribution in [1.82, 2.24) is 14.9 Å². The molecule has 180 valence electrons. The summed E-state index contributed by atoms with van der Waals surface area (Å²) in [6.45, 7) is -1.31.